The van der Waals surface area contributed by atoms with Crippen molar-refractivity contribution in [1.29, 1.82) is 0 Å². The number of imidazole rings is 1. The highest BCUT2D eigenvalue weighted by Gasteiger charge is 2.19. The summed E-state index contributed by atoms with van der Waals surface area (Å²) in [5.74, 6) is 1.36. The number of H-pyrrole nitrogens is 1. The minimum atomic E-state index is 0.0628. The van der Waals surface area contributed by atoms with Crippen LogP contribution in [0.15, 0.2) is 6.20 Å². The second-order valence-corrected chi connectivity index (χ2v) is 4.95. The van der Waals surface area contributed by atoms with Crippen LogP contribution in [0.3, 0.4) is 0 Å². The number of ether oxygens (including phenoxy) is 1. The largest absolute Gasteiger partial charge is 0.370 e. The molecule has 1 aromatic rings. The molecule has 0 amide bonds. The number of aromatic nitrogens is 2. The lowest BCUT2D eigenvalue weighted by atomic mass is 10.1. The van der Waals surface area contributed by atoms with E-state index in [2.05, 4.69) is 43.0 Å². The molecule has 0 bridgehead atoms. The number of hydrogen-bond donors (Lipinski definition) is 2. The SMILES string of the molecule is CCOC(c1ncc(CNC(C)C)[nH]1)C(C)C. The zero-order valence-electron chi connectivity index (χ0n) is 11.6. The molecule has 1 unspecified atom stereocenters. The third-order valence-electron chi connectivity index (χ3n) is 2.57. The van der Waals surface area contributed by atoms with Gasteiger partial charge < -0.3 is 15.0 Å². The maximum absolute atomic E-state index is 5.71. The first-order valence-corrected chi connectivity index (χ1v) is 6.43. The molecule has 4 nitrogen and oxygen atoms in total. The standard InChI is InChI=1S/C13H25N3O/c1-6-17-12(9(2)3)13-15-8-11(16-13)7-14-10(4)5/h8-10,12,14H,6-7H2,1-5H3,(H,15,16). The van der Waals surface area contributed by atoms with Gasteiger partial charge in [-0.05, 0) is 12.8 Å². The molecule has 0 radical (unpaired) electrons. The van der Waals surface area contributed by atoms with Gasteiger partial charge in [-0.2, -0.15) is 0 Å². The lowest BCUT2D eigenvalue weighted by Crippen LogP contribution is -2.22. The normalized spacial score (nSPS) is 13.6. The van der Waals surface area contributed by atoms with Crippen LogP contribution >= 0.6 is 0 Å². The molecular weight excluding hydrogens is 214 g/mol. The third-order valence-corrected chi connectivity index (χ3v) is 2.57. The Labute approximate surface area is 104 Å². The summed E-state index contributed by atoms with van der Waals surface area (Å²) in [6, 6.07) is 0.481. The van der Waals surface area contributed by atoms with Crippen LogP contribution in [0.2, 0.25) is 0 Å². The number of aromatic amines is 1. The fraction of sp³-hybridized carbons (Fsp3) is 0.769. The highest BCUT2D eigenvalue weighted by Crippen LogP contribution is 2.23. The summed E-state index contributed by atoms with van der Waals surface area (Å²) in [5, 5.41) is 3.36. The monoisotopic (exact) mass is 239 g/mol. The molecule has 0 aliphatic heterocycles. The van der Waals surface area contributed by atoms with Crippen molar-refractivity contribution in [3.8, 4) is 0 Å². The fourth-order valence-corrected chi connectivity index (χ4v) is 1.69. The molecule has 0 saturated carbocycles. The van der Waals surface area contributed by atoms with Crippen LogP contribution in [-0.4, -0.2) is 22.6 Å². The molecule has 0 spiro atoms. The fourth-order valence-electron chi connectivity index (χ4n) is 1.69. The average Bonchev–Trinajstić information content (AvgIpc) is 2.71. The molecule has 17 heavy (non-hydrogen) atoms. The van der Waals surface area contributed by atoms with Crippen LogP contribution < -0.4 is 5.32 Å². The topological polar surface area (TPSA) is 49.9 Å². The van der Waals surface area contributed by atoms with Crippen LogP contribution in [0.25, 0.3) is 0 Å². The van der Waals surface area contributed by atoms with Gasteiger partial charge >= 0.3 is 0 Å². The molecule has 0 aliphatic carbocycles. The first-order chi connectivity index (χ1) is 8.04. The van der Waals surface area contributed by atoms with Gasteiger partial charge in [0.2, 0.25) is 0 Å². The molecule has 1 atom stereocenters. The third kappa shape index (κ3) is 4.48. The van der Waals surface area contributed by atoms with E-state index in [1.165, 1.54) is 0 Å². The Hall–Kier alpha value is -0.870. The van der Waals surface area contributed by atoms with E-state index in [1.807, 2.05) is 13.1 Å². The molecule has 0 aliphatic rings. The van der Waals surface area contributed by atoms with E-state index in [0.29, 0.717) is 18.6 Å². The maximum atomic E-state index is 5.71. The summed E-state index contributed by atoms with van der Waals surface area (Å²) in [6.07, 6.45) is 1.95. The average molecular weight is 239 g/mol. The van der Waals surface area contributed by atoms with Crippen molar-refractivity contribution in [3.63, 3.8) is 0 Å². The van der Waals surface area contributed by atoms with Crippen LogP contribution in [0.1, 0.15) is 52.2 Å². The lowest BCUT2D eigenvalue weighted by Gasteiger charge is -2.18. The second kappa shape index (κ2) is 6.77. The lowest BCUT2D eigenvalue weighted by molar-refractivity contribution is 0.0237. The molecule has 1 heterocycles. The van der Waals surface area contributed by atoms with Crippen molar-refractivity contribution >= 4 is 0 Å². The van der Waals surface area contributed by atoms with Crippen molar-refractivity contribution in [2.75, 3.05) is 6.61 Å². The summed E-state index contributed by atoms with van der Waals surface area (Å²) in [7, 11) is 0. The van der Waals surface area contributed by atoms with Gasteiger partial charge in [0, 0.05) is 31.1 Å². The van der Waals surface area contributed by atoms with Gasteiger partial charge in [-0.3, -0.25) is 0 Å². The minimum Gasteiger partial charge on any atom is -0.370 e. The molecule has 1 rings (SSSR count). The predicted molar refractivity (Wildman–Crippen MR) is 69.8 cm³/mol. The van der Waals surface area contributed by atoms with Crippen molar-refractivity contribution < 1.29 is 4.74 Å². The Balaban J connectivity index is 2.64. The van der Waals surface area contributed by atoms with Crippen molar-refractivity contribution in [2.45, 2.75) is 53.3 Å². The van der Waals surface area contributed by atoms with E-state index in [4.69, 9.17) is 4.74 Å². The van der Waals surface area contributed by atoms with E-state index in [9.17, 15) is 0 Å². The van der Waals surface area contributed by atoms with Crippen LogP contribution in [0, 0.1) is 5.92 Å². The van der Waals surface area contributed by atoms with Gasteiger partial charge in [0.05, 0.1) is 0 Å². The van der Waals surface area contributed by atoms with E-state index in [1.54, 1.807) is 0 Å². The molecule has 2 N–H and O–H groups in total. The minimum absolute atomic E-state index is 0.0628. The zero-order valence-corrected chi connectivity index (χ0v) is 11.6. The molecule has 0 saturated heterocycles. The number of rotatable bonds is 7. The first kappa shape index (κ1) is 14.2. The molecule has 0 aromatic carbocycles. The highest BCUT2D eigenvalue weighted by molar-refractivity contribution is 5.04. The summed E-state index contributed by atoms with van der Waals surface area (Å²) < 4.78 is 5.71. The molecule has 4 heteroatoms. The zero-order chi connectivity index (χ0) is 12.8. The Morgan fingerprint density at radius 2 is 2.06 bits per heavy atom. The van der Waals surface area contributed by atoms with Gasteiger partial charge in [0.25, 0.3) is 0 Å². The number of nitrogens with zero attached hydrogens (tertiary/aromatic N) is 1. The predicted octanol–water partition coefficient (Wildman–Crippen LogP) is 2.64. The molecule has 1 aromatic heterocycles. The van der Waals surface area contributed by atoms with E-state index >= 15 is 0 Å². The molecular formula is C13H25N3O. The smallest absolute Gasteiger partial charge is 0.135 e. The Kier molecular flexibility index (Phi) is 5.65. The molecule has 98 valence electrons. The van der Waals surface area contributed by atoms with Gasteiger partial charge in [-0.15, -0.1) is 0 Å². The number of nitrogens with one attached hydrogen (secondary N) is 2. The van der Waals surface area contributed by atoms with Crippen LogP contribution in [-0.2, 0) is 11.3 Å². The number of hydrogen-bond acceptors (Lipinski definition) is 3. The summed E-state index contributed by atoms with van der Waals surface area (Å²) >= 11 is 0. The van der Waals surface area contributed by atoms with Crippen molar-refractivity contribution in [3.05, 3.63) is 17.7 Å². The van der Waals surface area contributed by atoms with E-state index < -0.39 is 0 Å². The maximum Gasteiger partial charge on any atom is 0.135 e. The summed E-state index contributed by atoms with van der Waals surface area (Å²) in [4.78, 5) is 7.75. The molecule has 0 fully saturated rings. The van der Waals surface area contributed by atoms with Gasteiger partial charge in [-0.25, -0.2) is 4.98 Å². The Morgan fingerprint density at radius 3 is 2.59 bits per heavy atom. The van der Waals surface area contributed by atoms with Crippen molar-refractivity contribution in [1.82, 2.24) is 15.3 Å². The first-order valence-electron chi connectivity index (χ1n) is 6.43. The highest BCUT2D eigenvalue weighted by atomic mass is 16.5. The quantitative estimate of drug-likeness (QED) is 0.769. The van der Waals surface area contributed by atoms with Gasteiger partial charge in [-0.1, -0.05) is 27.7 Å². The van der Waals surface area contributed by atoms with Gasteiger partial charge in [0.15, 0.2) is 0 Å². The summed E-state index contributed by atoms with van der Waals surface area (Å²) in [5.41, 5.74) is 1.11. The van der Waals surface area contributed by atoms with Crippen LogP contribution in [0.4, 0.5) is 0 Å². The second-order valence-electron chi connectivity index (χ2n) is 4.95. The Bertz CT molecular complexity index is 320. The Morgan fingerprint density at radius 1 is 1.35 bits per heavy atom. The van der Waals surface area contributed by atoms with Gasteiger partial charge in [0.1, 0.15) is 11.9 Å². The van der Waals surface area contributed by atoms with E-state index in [-0.39, 0.29) is 6.10 Å². The van der Waals surface area contributed by atoms with Crippen LogP contribution in [0.5, 0.6) is 0 Å². The summed E-state index contributed by atoms with van der Waals surface area (Å²) in [6.45, 7) is 12.1. The van der Waals surface area contributed by atoms with E-state index in [0.717, 1.165) is 18.1 Å². The van der Waals surface area contributed by atoms with Crippen molar-refractivity contribution in [2.24, 2.45) is 5.92 Å².